The average molecular weight is 170 g/mol. The lowest BCUT2D eigenvalue weighted by atomic mass is 10.0. The summed E-state index contributed by atoms with van der Waals surface area (Å²) in [5, 5.41) is 18.6. The molecule has 0 aliphatic heterocycles. The average Bonchev–Trinajstić information content (AvgIpc) is 2.02. The first-order valence-electron chi connectivity index (χ1n) is 4.22. The minimum atomic E-state index is -0.417. The molecule has 0 aliphatic carbocycles. The van der Waals surface area contributed by atoms with Gasteiger partial charge in [-0.2, -0.15) is 5.26 Å². The van der Waals surface area contributed by atoms with Crippen LogP contribution in [0.25, 0.3) is 0 Å². The van der Waals surface area contributed by atoms with Crippen LogP contribution in [0.15, 0.2) is 0 Å². The van der Waals surface area contributed by atoms with Crippen LogP contribution in [-0.4, -0.2) is 11.5 Å². The maximum Gasteiger partial charge on any atom is 0.219 e. The molecule has 4 heteroatoms. The second-order valence-corrected chi connectivity index (χ2v) is 2.84. The molecule has 0 saturated heterocycles. The van der Waals surface area contributed by atoms with E-state index in [4.69, 9.17) is 5.26 Å². The fraction of sp³-hybridized carbons (Fsp3) is 0.875. The summed E-state index contributed by atoms with van der Waals surface area (Å²) >= 11 is 0. The molecule has 0 amide bonds. The van der Waals surface area contributed by atoms with E-state index in [1.165, 1.54) is 0 Å². The third-order valence-corrected chi connectivity index (χ3v) is 1.71. The largest absolute Gasteiger partial charge is 0.264 e. The van der Waals surface area contributed by atoms with E-state index in [9.17, 15) is 10.1 Å². The fourth-order valence-corrected chi connectivity index (χ4v) is 1.02. The number of nitrogens with zero attached hydrogens (tertiary/aromatic N) is 2. The molecule has 0 bridgehead atoms. The summed E-state index contributed by atoms with van der Waals surface area (Å²) < 4.78 is 0. The van der Waals surface area contributed by atoms with Gasteiger partial charge in [0.25, 0.3) is 0 Å². The van der Waals surface area contributed by atoms with Crippen molar-refractivity contribution >= 4 is 0 Å². The lowest BCUT2D eigenvalue weighted by Crippen LogP contribution is -2.12. The van der Waals surface area contributed by atoms with Crippen molar-refractivity contribution in [2.75, 3.05) is 6.54 Å². The maximum atomic E-state index is 10.1. The van der Waals surface area contributed by atoms with Crippen LogP contribution in [0.3, 0.4) is 0 Å². The van der Waals surface area contributed by atoms with E-state index in [0.717, 1.165) is 19.3 Å². The van der Waals surface area contributed by atoms with Crippen LogP contribution < -0.4 is 0 Å². The number of hydrogen-bond donors (Lipinski definition) is 0. The second-order valence-electron chi connectivity index (χ2n) is 2.84. The quantitative estimate of drug-likeness (QED) is 0.347. The van der Waals surface area contributed by atoms with Crippen molar-refractivity contribution in [2.45, 2.75) is 32.6 Å². The summed E-state index contributed by atoms with van der Waals surface area (Å²) in [4.78, 5) is 9.64. The standard InChI is InChI=1S/C8H14N2O2/c1-2-3-4-5-8(6-9)7-10(11)12/h8H,2-5,7H2,1H3. The highest BCUT2D eigenvalue weighted by Gasteiger charge is 2.13. The molecule has 0 saturated carbocycles. The van der Waals surface area contributed by atoms with Crippen molar-refractivity contribution in [1.29, 1.82) is 5.26 Å². The Morgan fingerprint density at radius 1 is 1.58 bits per heavy atom. The summed E-state index contributed by atoms with van der Waals surface area (Å²) in [7, 11) is 0. The molecule has 68 valence electrons. The molecule has 0 fully saturated rings. The molecule has 0 aromatic rings. The van der Waals surface area contributed by atoms with Gasteiger partial charge >= 0.3 is 0 Å². The maximum absolute atomic E-state index is 10.1. The zero-order valence-corrected chi connectivity index (χ0v) is 7.32. The molecular weight excluding hydrogens is 156 g/mol. The van der Waals surface area contributed by atoms with E-state index in [0.29, 0.717) is 6.42 Å². The van der Waals surface area contributed by atoms with Gasteiger partial charge in [-0.25, -0.2) is 0 Å². The molecule has 0 rings (SSSR count). The van der Waals surface area contributed by atoms with E-state index in [1.807, 2.05) is 6.07 Å². The first-order chi connectivity index (χ1) is 5.70. The van der Waals surface area contributed by atoms with Crippen LogP contribution in [0.5, 0.6) is 0 Å². The number of nitro groups is 1. The van der Waals surface area contributed by atoms with Crippen molar-refractivity contribution in [3.05, 3.63) is 10.1 Å². The van der Waals surface area contributed by atoms with Crippen molar-refractivity contribution < 1.29 is 4.92 Å². The second kappa shape index (κ2) is 6.59. The molecule has 0 aromatic heterocycles. The molecule has 1 atom stereocenters. The third-order valence-electron chi connectivity index (χ3n) is 1.71. The Morgan fingerprint density at radius 2 is 2.25 bits per heavy atom. The van der Waals surface area contributed by atoms with Gasteiger partial charge in [0.1, 0.15) is 5.92 Å². The van der Waals surface area contributed by atoms with E-state index in [-0.39, 0.29) is 6.54 Å². The van der Waals surface area contributed by atoms with Crippen LogP contribution in [0, 0.1) is 27.4 Å². The molecule has 0 N–H and O–H groups in total. The van der Waals surface area contributed by atoms with Gasteiger partial charge in [-0.05, 0) is 6.42 Å². The van der Waals surface area contributed by atoms with Gasteiger partial charge in [-0.1, -0.05) is 26.2 Å². The van der Waals surface area contributed by atoms with Gasteiger partial charge in [0.2, 0.25) is 6.54 Å². The fourth-order valence-electron chi connectivity index (χ4n) is 1.02. The summed E-state index contributed by atoms with van der Waals surface area (Å²) in [5.41, 5.74) is 0. The van der Waals surface area contributed by atoms with Crippen LogP contribution in [0.1, 0.15) is 32.6 Å². The van der Waals surface area contributed by atoms with Gasteiger partial charge < -0.3 is 0 Å². The van der Waals surface area contributed by atoms with E-state index < -0.39 is 10.8 Å². The molecule has 0 aromatic carbocycles. The summed E-state index contributed by atoms with van der Waals surface area (Å²) in [6, 6.07) is 1.95. The molecule has 1 unspecified atom stereocenters. The Bertz CT molecular complexity index is 174. The van der Waals surface area contributed by atoms with Crippen molar-refractivity contribution in [3.8, 4) is 6.07 Å². The van der Waals surface area contributed by atoms with Crippen LogP contribution in [0.2, 0.25) is 0 Å². The van der Waals surface area contributed by atoms with Crippen molar-refractivity contribution in [2.24, 2.45) is 5.92 Å². The van der Waals surface area contributed by atoms with Crippen molar-refractivity contribution in [1.82, 2.24) is 0 Å². The van der Waals surface area contributed by atoms with E-state index >= 15 is 0 Å². The predicted octanol–water partition coefficient (Wildman–Crippen LogP) is 1.98. The molecule has 4 nitrogen and oxygen atoms in total. The topological polar surface area (TPSA) is 66.9 Å². The Labute approximate surface area is 72.3 Å². The van der Waals surface area contributed by atoms with Crippen LogP contribution in [0.4, 0.5) is 0 Å². The number of nitriles is 1. The normalized spacial score (nSPS) is 12.0. The Kier molecular flexibility index (Phi) is 5.98. The summed E-state index contributed by atoms with van der Waals surface area (Å²) in [6.07, 6.45) is 3.71. The smallest absolute Gasteiger partial charge is 0.219 e. The van der Waals surface area contributed by atoms with Gasteiger partial charge in [0.15, 0.2) is 0 Å². The Hall–Kier alpha value is -1.11. The first kappa shape index (κ1) is 10.9. The summed E-state index contributed by atoms with van der Waals surface area (Å²) in [5.74, 6) is -0.397. The zero-order chi connectivity index (χ0) is 9.40. The van der Waals surface area contributed by atoms with Gasteiger partial charge in [0.05, 0.1) is 6.07 Å². The molecular formula is C8H14N2O2. The SMILES string of the molecule is CCCCCC(C#N)C[N+](=O)[O-]. The van der Waals surface area contributed by atoms with Gasteiger partial charge in [0, 0.05) is 4.92 Å². The molecule has 0 aliphatic rings. The third kappa shape index (κ3) is 5.66. The monoisotopic (exact) mass is 170 g/mol. The minimum absolute atomic E-state index is 0.208. The number of hydrogen-bond acceptors (Lipinski definition) is 3. The highest BCUT2D eigenvalue weighted by atomic mass is 16.6. The van der Waals surface area contributed by atoms with E-state index in [1.54, 1.807) is 0 Å². The molecule has 12 heavy (non-hydrogen) atoms. The molecule has 0 spiro atoms. The van der Waals surface area contributed by atoms with Crippen molar-refractivity contribution in [3.63, 3.8) is 0 Å². The highest BCUT2D eigenvalue weighted by molar-refractivity contribution is 4.81. The van der Waals surface area contributed by atoms with E-state index in [2.05, 4.69) is 6.92 Å². The van der Waals surface area contributed by atoms with Gasteiger partial charge in [-0.15, -0.1) is 0 Å². The van der Waals surface area contributed by atoms with Crippen LogP contribution >= 0.6 is 0 Å². The lowest BCUT2D eigenvalue weighted by molar-refractivity contribution is -0.485. The Balaban J connectivity index is 3.55. The van der Waals surface area contributed by atoms with Crippen LogP contribution in [-0.2, 0) is 0 Å². The molecule has 0 radical (unpaired) electrons. The minimum Gasteiger partial charge on any atom is -0.264 e. The lowest BCUT2D eigenvalue weighted by Gasteiger charge is -2.01. The zero-order valence-electron chi connectivity index (χ0n) is 7.32. The van der Waals surface area contributed by atoms with Gasteiger partial charge in [-0.3, -0.25) is 10.1 Å². The summed E-state index contributed by atoms with van der Waals surface area (Å²) in [6.45, 7) is 1.86. The number of unbranched alkanes of at least 4 members (excludes halogenated alkanes) is 2. The number of rotatable bonds is 6. The molecule has 0 heterocycles. The Morgan fingerprint density at radius 3 is 2.67 bits per heavy atom. The highest BCUT2D eigenvalue weighted by Crippen LogP contribution is 2.08. The predicted molar refractivity (Wildman–Crippen MR) is 45.1 cm³/mol. The first-order valence-corrected chi connectivity index (χ1v) is 4.22.